The summed E-state index contributed by atoms with van der Waals surface area (Å²) in [5, 5.41) is 10.9. The fourth-order valence-electron chi connectivity index (χ4n) is 0.639. The second-order valence-electron chi connectivity index (χ2n) is 2.72. The second kappa shape index (κ2) is 5.18. The first-order chi connectivity index (χ1) is 5.97. The lowest BCUT2D eigenvalue weighted by Gasteiger charge is -2.17. The Hall–Kier alpha value is -1.52. The van der Waals surface area contributed by atoms with Crippen LogP contribution in [0, 0.1) is 0 Å². The van der Waals surface area contributed by atoms with Gasteiger partial charge < -0.3 is 15.3 Å². The van der Waals surface area contributed by atoms with Gasteiger partial charge in [-0.2, -0.15) is 0 Å². The average Bonchev–Trinajstić information content (AvgIpc) is 2.02. The molecule has 0 radical (unpaired) electrons. The summed E-state index contributed by atoms with van der Waals surface area (Å²) in [6, 6.07) is -0.585. The van der Waals surface area contributed by atoms with E-state index in [0.717, 1.165) is 4.90 Å². The third-order valence-corrected chi connectivity index (χ3v) is 1.42. The Morgan fingerprint density at radius 3 is 2.62 bits per heavy atom. The Bertz CT molecular complexity index is 215. The second-order valence-corrected chi connectivity index (χ2v) is 2.72. The maximum atomic E-state index is 11.2. The fraction of sp³-hybridized carbons (Fsp3) is 0.500. The van der Waals surface area contributed by atoms with Crippen molar-refractivity contribution in [2.24, 2.45) is 0 Å². The van der Waals surface area contributed by atoms with Gasteiger partial charge in [0, 0.05) is 13.1 Å². The molecule has 0 bridgehead atoms. The summed E-state index contributed by atoms with van der Waals surface area (Å²) in [5.41, 5.74) is 0. The van der Waals surface area contributed by atoms with Crippen molar-refractivity contribution in [1.29, 1.82) is 0 Å². The summed E-state index contributed by atoms with van der Waals surface area (Å²) in [7, 11) is 1.42. The number of nitrogens with zero attached hydrogens (tertiary/aromatic N) is 1. The molecule has 0 aromatic rings. The third kappa shape index (κ3) is 4.84. The highest BCUT2D eigenvalue weighted by molar-refractivity contribution is 5.80. The summed E-state index contributed by atoms with van der Waals surface area (Å²) in [5.74, 6) is -1.04. The Balaban J connectivity index is 3.95. The molecule has 5 heteroatoms. The number of carboxylic acid groups (broad SMARTS) is 1. The number of carbonyl (C=O) groups is 2. The number of likely N-dealkylation sites (N-methyl/N-ethyl adjacent to an activating group) is 1. The van der Waals surface area contributed by atoms with Gasteiger partial charge in [0.05, 0.1) is 0 Å². The molecule has 0 aliphatic rings. The van der Waals surface area contributed by atoms with E-state index in [-0.39, 0.29) is 12.6 Å². The first kappa shape index (κ1) is 11.5. The van der Waals surface area contributed by atoms with Crippen LogP contribution in [0.4, 0.5) is 4.79 Å². The van der Waals surface area contributed by atoms with Crippen LogP contribution >= 0.6 is 0 Å². The maximum absolute atomic E-state index is 11.2. The van der Waals surface area contributed by atoms with E-state index in [1.165, 1.54) is 7.05 Å². The summed E-state index contributed by atoms with van der Waals surface area (Å²) < 4.78 is 0. The molecule has 0 aliphatic heterocycles. The van der Waals surface area contributed by atoms with Gasteiger partial charge in [0.25, 0.3) is 0 Å². The molecule has 1 unspecified atom stereocenters. The van der Waals surface area contributed by atoms with Crippen molar-refractivity contribution in [3.63, 3.8) is 0 Å². The summed E-state index contributed by atoms with van der Waals surface area (Å²) in [6.45, 7) is 4.92. The van der Waals surface area contributed by atoms with Crippen molar-refractivity contribution in [3.05, 3.63) is 12.7 Å². The number of hydrogen-bond donors (Lipinski definition) is 2. The van der Waals surface area contributed by atoms with Gasteiger partial charge in [0.15, 0.2) is 0 Å². The van der Waals surface area contributed by atoms with E-state index in [1.54, 1.807) is 13.0 Å². The molecule has 0 rings (SSSR count). The smallest absolute Gasteiger partial charge is 0.323 e. The first-order valence-electron chi connectivity index (χ1n) is 3.83. The van der Waals surface area contributed by atoms with Crippen molar-refractivity contribution >= 4 is 12.0 Å². The molecule has 0 aromatic carbocycles. The topological polar surface area (TPSA) is 69.6 Å². The van der Waals surface area contributed by atoms with Gasteiger partial charge >= 0.3 is 12.0 Å². The van der Waals surface area contributed by atoms with E-state index in [9.17, 15) is 9.59 Å². The molecule has 0 heterocycles. The summed E-state index contributed by atoms with van der Waals surface area (Å²) >= 11 is 0. The van der Waals surface area contributed by atoms with Crippen LogP contribution in [0.3, 0.4) is 0 Å². The van der Waals surface area contributed by atoms with E-state index in [1.807, 2.05) is 0 Å². The van der Waals surface area contributed by atoms with Crippen LogP contribution in [0.15, 0.2) is 12.7 Å². The lowest BCUT2D eigenvalue weighted by Crippen LogP contribution is -2.43. The molecule has 0 aliphatic carbocycles. The van der Waals surface area contributed by atoms with Crippen LogP contribution in [0.25, 0.3) is 0 Å². The largest absolute Gasteiger partial charge is 0.480 e. The fourth-order valence-corrected chi connectivity index (χ4v) is 0.639. The predicted molar refractivity (Wildman–Crippen MR) is 48.5 cm³/mol. The van der Waals surface area contributed by atoms with Crippen LogP contribution in [0.5, 0.6) is 0 Å². The average molecular weight is 186 g/mol. The number of aliphatic carboxylic acids is 1. The molecule has 74 valence electrons. The van der Waals surface area contributed by atoms with E-state index < -0.39 is 12.0 Å². The zero-order valence-electron chi connectivity index (χ0n) is 7.78. The highest BCUT2D eigenvalue weighted by Crippen LogP contribution is 1.88. The van der Waals surface area contributed by atoms with E-state index in [4.69, 9.17) is 5.11 Å². The normalized spacial score (nSPS) is 11.5. The lowest BCUT2D eigenvalue weighted by atomic mass is 10.3. The minimum Gasteiger partial charge on any atom is -0.480 e. The van der Waals surface area contributed by atoms with Crippen LogP contribution in [0.2, 0.25) is 0 Å². The van der Waals surface area contributed by atoms with E-state index in [0.29, 0.717) is 0 Å². The molecule has 0 aromatic heterocycles. The highest BCUT2D eigenvalue weighted by atomic mass is 16.4. The molecule has 1 atom stereocenters. The number of carbonyl (C=O) groups excluding carboxylic acids is 1. The molecule has 13 heavy (non-hydrogen) atoms. The van der Waals surface area contributed by atoms with E-state index in [2.05, 4.69) is 11.9 Å². The molecule has 0 spiro atoms. The number of amides is 2. The highest BCUT2D eigenvalue weighted by Gasteiger charge is 2.12. The van der Waals surface area contributed by atoms with Crippen LogP contribution in [-0.4, -0.2) is 41.6 Å². The number of urea groups is 1. The molecule has 2 amide bonds. The minimum absolute atomic E-state index is 0.163. The molecular formula is C8H14N2O3. The summed E-state index contributed by atoms with van der Waals surface area (Å²) in [6.07, 6.45) is 1.56. The number of rotatable bonds is 4. The van der Waals surface area contributed by atoms with Gasteiger partial charge in [0.2, 0.25) is 0 Å². The maximum Gasteiger partial charge on any atom is 0.323 e. The van der Waals surface area contributed by atoms with Crippen molar-refractivity contribution < 1.29 is 14.7 Å². The van der Waals surface area contributed by atoms with Crippen molar-refractivity contribution in [2.75, 3.05) is 13.6 Å². The SMILES string of the molecule is C=CC(C)NC(=O)N(C)CC(=O)O. The molecule has 2 N–H and O–H groups in total. The molecule has 5 nitrogen and oxygen atoms in total. The Morgan fingerprint density at radius 1 is 1.69 bits per heavy atom. The van der Waals surface area contributed by atoms with Gasteiger partial charge in [-0.1, -0.05) is 6.08 Å². The van der Waals surface area contributed by atoms with Gasteiger partial charge in [-0.3, -0.25) is 4.79 Å². The quantitative estimate of drug-likeness (QED) is 0.620. The number of nitrogens with one attached hydrogen (secondary N) is 1. The van der Waals surface area contributed by atoms with Crippen LogP contribution in [-0.2, 0) is 4.79 Å². The monoisotopic (exact) mass is 186 g/mol. The minimum atomic E-state index is -1.04. The molecule has 0 saturated heterocycles. The Kier molecular flexibility index (Phi) is 4.58. The zero-order valence-corrected chi connectivity index (χ0v) is 7.78. The van der Waals surface area contributed by atoms with Crippen molar-refractivity contribution in [1.82, 2.24) is 10.2 Å². The van der Waals surface area contributed by atoms with Crippen LogP contribution < -0.4 is 5.32 Å². The number of hydrogen-bond acceptors (Lipinski definition) is 2. The van der Waals surface area contributed by atoms with Gasteiger partial charge in [-0.15, -0.1) is 6.58 Å². The standard InChI is InChI=1S/C8H14N2O3/c1-4-6(2)9-8(13)10(3)5-7(11)12/h4,6H,1,5H2,2-3H3,(H,9,13)(H,11,12). The predicted octanol–water partition coefficient (Wildman–Crippen LogP) is 0.287. The first-order valence-corrected chi connectivity index (χ1v) is 3.83. The van der Waals surface area contributed by atoms with E-state index >= 15 is 0 Å². The van der Waals surface area contributed by atoms with Crippen molar-refractivity contribution in [2.45, 2.75) is 13.0 Å². The van der Waals surface area contributed by atoms with Crippen LogP contribution in [0.1, 0.15) is 6.92 Å². The zero-order chi connectivity index (χ0) is 10.4. The van der Waals surface area contributed by atoms with Gasteiger partial charge in [-0.25, -0.2) is 4.79 Å². The molecular weight excluding hydrogens is 172 g/mol. The Morgan fingerprint density at radius 2 is 2.23 bits per heavy atom. The summed E-state index contributed by atoms with van der Waals surface area (Å²) in [4.78, 5) is 22.5. The number of carboxylic acids is 1. The molecule has 0 fully saturated rings. The Labute approximate surface area is 77.0 Å². The lowest BCUT2D eigenvalue weighted by molar-refractivity contribution is -0.137. The third-order valence-electron chi connectivity index (χ3n) is 1.42. The van der Waals surface area contributed by atoms with Gasteiger partial charge in [0.1, 0.15) is 6.54 Å². The van der Waals surface area contributed by atoms with Gasteiger partial charge in [-0.05, 0) is 6.92 Å². The molecule has 0 saturated carbocycles. The van der Waals surface area contributed by atoms with Crippen molar-refractivity contribution in [3.8, 4) is 0 Å².